The van der Waals surface area contributed by atoms with Gasteiger partial charge in [0.15, 0.2) is 0 Å². The van der Waals surface area contributed by atoms with Crippen molar-refractivity contribution in [3.63, 3.8) is 0 Å². The second kappa shape index (κ2) is 10.9. The average Bonchev–Trinajstić information content (AvgIpc) is 4.51. The first-order valence-electron chi connectivity index (χ1n) is 32.0. The maximum absolute atomic E-state index is 5.78. The number of hydrogen-bond acceptors (Lipinski definition) is 4. The van der Waals surface area contributed by atoms with Crippen LogP contribution in [0.1, 0.15) is 227 Å². The van der Waals surface area contributed by atoms with Crippen LogP contribution in [0.25, 0.3) is 87.3 Å². The summed E-state index contributed by atoms with van der Waals surface area (Å²) in [6.07, 6.45) is 33.4. The van der Waals surface area contributed by atoms with E-state index in [-0.39, 0.29) is 5.41 Å². The van der Waals surface area contributed by atoms with Gasteiger partial charge in [-0.15, -0.1) is 0 Å². The third-order valence-corrected chi connectivity index (χ3v) is 30.5. The molecule has 0 amide bonds. The van der Waals surface area contributed by atoms with E-state index in [4.69, 9.17) is 19.9 Å². The fourth-order valence-corrected chi connectivity index (χ4v) is 28.5. The van der Waals surface area contributed by atoms with Crippen molar-refractivity contribution in [2.45, 2.75) is 176 Å². The molecule has 17 aliphatic carbocycles. The monoisotopic (exact) mass is 999 g/mol. The topological polar surface area (TPSA) is 60.4 Å². The molecular weight excluding hydrogens is 937 g/mol. The number of pyridine rings is 4. The summed E-state index contributed by atoms with van der Waals surface area (Å²) in [4.78, 5) is 23.0. The van der Waals surface area contributed by atoms with Crippen molar-refractivity contribution in [2.75, 3.05) is 0 Å². The molecule has 0 radical (unpaired) electrons. The van der Waals surface area contributed by atoms with Crippen LogP contribution in [0.15, 0.2) is 36.9 Å². The number of aromatic nitrogens is 6. The third kappa shape index (κ3) is 3.34. The summed E-state index contributed by atoms with van der Waals surface area (Å²) in [5.74, 6) is 12.3. The van der Waals surface area contributed by atoms with Crippen LogP contribution in [0.4, 0.5) is 0 Å². The predicted octanol–water partition coefficient (Wildman–Crippen LogP) is 16.3. The van der Waals surface area contributed by atoms with E-state index in [0.29, 0.717) is 63.6 Å². The summed E-state index contributed by atoms with van der Waals surface area (Å²) in [7, 11) is 0. The van der Waals surface area contributed by atoms with Crippen LogP contribution < -0.4 is 0 Å². The lowest BCUT2D eigenvalue weighted by Crippen LogP contribution is -2.59. The fourth-order valence-electron chi connectivity index (χ4n) is 28.5. The minimum absolute atomic E-state index is 0.252. The van der Waals surface area contributed by atoms with Gasteiger partial charge < -0.3 is 8.80 Å². The summed E-state index contributed by atoms with van der Waals surface area (Å²) >= 11 is 0. The Labute approximate surface area is 446 Å². The first-order chi connectivity index (χ1) is 37.8. The Kier molecular flexibility index (Phi) is 5.40. The van der Waals surface area contributed by atoms with Crippen LogP contribution in [-0.4, -0.2) is 28.7 Å². The lowest BCUT2D eigenvalue weighted by molar-refractivity contribution is -0.147. The first kappa shape index (κ1) is 38.3. The smallest absolute Gasteiger partial charge is 0.0728 e. The van der Waals surface area contributed by atoms with Crippen molar-refractivity contribution in [2.24, 2.45) is 63.6 Å². The highest BCUT2D eigenvalue weighted by atomic mass is 15.0. The molecule has 376 valence electrons. The van der Waals surface area contributed by atoms with Gasteiger partial charge in [-0.05, 0) is 253 Å². The molecule has 17 unspecified atom stereocenters. The van der Waals surface area contributed by atoms with Gasteiger partial charge in [0.2, 0.25) is 0 Å². The molecule has 6 nitrogen and oxygen atoms in total. The molecule has 6 heteroatoms. The summed E-state index contributed by atoms with van der Waals surface area (Å²) in [5, 5.41) is 12.7. The molecule has 11 fully saturated rings. The van der Waals surface area contributed by atoms with Gasteiger partial charge in [-0.1, -0.05) is 13.8 Å². The zero-order valence-electron chi connectivity index (χ0n) is 44.4. The normalized spacial score (nSPS) is 44.1. The van der Waals surface area contributed by atoms with Crippen LogP contribution in [0, 0.1) is 63.6 Å². The van der Waals surface area contributed by atoms with E-state index in [2.05, 4.69) is 59.6 Å². The highest BCUT2D eigenvalue weighted by molar-refractivity contribution is 6.32. The highest BCUT2D eigenvalue weighted by Gasteiger charge is 2.75. The van der Waals surface area contributed by atoms with Crippen LogP contribution in [0.3, 0.4) is 0 Å². The number of nitrogens with zero attached hydrogens (tertiary/aromatic N) is 6. The van der Waals surface area contributed by atoms with Gasteiger partial charge in [0.1, 0.15) is 0 Å². The number of benzene rings is 2. The minimum atomic E-state index is -0.252. The Morgan fingerprint density at radius 3 is 1.36 bits per heavy atom. The molecule has 10 bridgehead atoms. The van der Waals surface area contributed by atoms with Crippen LogP contribution in [0.5, 0.6) is 0 Å². The Morgan fingerprint density at radius 2 is 0.792 bits per heavy atom. The molecule has 17 aliphatic rings. The Balaban J connectivity index is 0.859. The summed E-state index contributed by atoms with van der Waals surface area (Å²) < 4.78 is 5.59. The van der Waals surface area contributed by atoms with Crippen molar-refractivity contribution in [3.05, 3.63) is 93.1 Å². The Morgan fingerprint density at radius 1 is 0.377 bits per heavy atom. The zero-order valence-corrected chi connectivity index (χ0v) is 44.4. The van der Waals surface area contributed by atoms with Gasteiger partial charge >= 0.3 is 0 Å². The minimum Gasteiger partial charge on any atom is -0.305 e. The van der Waals surface area contributed by atoms with Gasteiger partial charge in [0, 0.05) is 95.0 Å². The first-order valence-corrected chi connectivity index (χ1v) is 32.0. The molecule has 10 aromatic rings. The zero-order chi connectivity index (χ0) is 48.5. The van der Waals surface area contributed by atoms with E-state index >= 15 is 0 Å². The van der Waals surface area contributed by atoms with Crippen LogP contribution in [0.2, 0.25) is 0 Å². The molecular formula is C71H62N6. The van der Waals surface area contributed by atoms with Gasteiger partial charge in [-0.2, -0.15) is 0 Å². The van der Waals surface area contributed by atoms with Crippen molar-refractivity contribution >= 4 is 76.2 Å². The average molecular weight is 999 g/mol. The van der Waals surface area contributed by atoms with E-state index < -0.39 is 0 Å². The predicted molar refractivity (Wildman–Crippen MR) is 300 cm³/mol. The van der Waals surface area contributed by atoms with Crippen LogP contribution in [-0.2, 0) is 5.41 Å². The highest BCUT2D eigenvalue weighted by Crippen LogP contribution is 2.85. The number of fused-ring (bicyclic) bond motifs is 32. The molecule has 3 spiro atoms. The van der Waals surface area contributed by atoms with E-state index in [1.165, 1.54) is 170 Å². The summed E-state index contributed by atoms with van der Waals surface area (Å²) in [6.45, 7) is 5.41. The molecule has 17 atom stereocenters. The maximum atomic E-state index is 5.78. The second-order valence-corrected chi connectivity index (χ2v) is 32.0. The van der Waals surface area contributed by atoms with E-state index in [0.717, 1.165) is 47.3 Å². The second-order valence-electron chi connectivity index (χ2n) is 32.0. The van der Waals surface area contributed by atoms with E-state index in [1.54, 1.807) is 82.2 Å². The largest absolute Gasteiger partial charge is 0.305 e. The van der Waals surface area contributed by atoms with E-state index in [1.807, 2.05) is 0 Å². The fraction of sp³-hybridized carbons (Fsp3) is 0.549. The van der Waals surface area contributed by atoms with Gasteiger partial charge in [0.05, 0.1) is 57.9 Å². The Bertz CT molecular complexity index is 4760. The summed E-state index contributed by atoms with van der Waals surface area (Å²) in [5.41, 5.74) is 29.1. The number of hydrogen-bond donors (Lipinski definition) is 0. The molecule has 0 aliphatic heterocycles. The molecule has 11 saturated carbocycles. The molecule has 0 N–H and O–H groups in total. The lowest BCUT2D eigenvalue weighted by Gasteiger charge is -2.68. The third-order valence-electron chi connectivity index (χ3n) is 30.5. The maximum Gasteiger partial charge on any atom is 0.0728 e. The molecule has 8 aromatic heterocycles. The number of rotatable bonds is 0. The molecule has 2 aromatic carbocycles. The SMILES string of the molecule is CC1(C)c2c(cc3c4c5c(ncc4n4c6cnc7c(c6c2c34)C2CC3CC4CC7C34C2)C2CC3CC(C2)CC5C3)-c2cc3c4c5c(ncc4n4c6cnc7c(c6c(c21)c34)C1CC2CC3CC7CC321)C1CC2CC3CC5C23C1. The molecule has 27 rings (SSSR count). The van der Waals surface area contributed by atoms with Crippen molar-refractivity contribution < 1.29 is 0 Å². The van der Waals surface area contributed by atoms with Gasteiger partial charge in [-0.25, -0.2) is 0 Å². The summed E-state index contributed by atoms with van der Waals surface area (Å²) in [6, 6.07) is 5.70. The molecule has 0 saturated heterocycles. The Hall–Kier alpha value is -5.36. The van der Waals surface area contributed by atoms with Crippen molar-refractivity contribution in [3.8, 4) is 11.1 Å². The van der Waals surface area contributed by atoms with Crippen LogP contribution >= 0.6 is 0 Å². The quantitative estimate of drug-likeness (QED) is 0.152. The van der Waals surface area contributed by atoms with Crippen molar-refractivity contribution in [1.29, 1.82) is 0 Å². The molecule has 77 heavy (non-hydrogen) atoms. The molecule has 8 heterocycles. The standard InChI is InChI=1S/C71H62N6/c1-68(2)60-39(17-41-52-46(22-72-62-29-6-26-3-27(7-29)5-28(4-26)50(52)62)76-48-25-75-65-45-16-38-11-33-8-30(19-71(33,38)45)51(65)56(48)58(60)66(41)76)40-18-42-53-47(23-73-63-31-9-34-12-36-14-43(54(53)63)69(34,36)20-31)77-49-24-74-64-32-10-35-13-37-15-44(70(35,37)21-32)55(64)57(49)59(61(40)68)67(42)77/h17-18,22-38,43-45H,3-16,19-21H2,1-2H3. The lowest BCUT2D eigenvalue weighted by atomic mass is 9.36. The van der Waals surface area contributed by atoms with Crippen molar-refractivity contribution in [1.82, 2.24) is 28.7 Å². The van der Waals surface area contributed by atoms with Gasteiger partial charge in [-0.3, -0.25) is 19.9 Å². The van der Waals surface area contributed by atoms with Gasteiger partial charge in [0.25, 0.3) is 0 Å². The van der Waals surface area contributed by atoms with E-state index in [9.17, 15) is 0 Å².